The van der Waals surface area contributed by atoms with Crippen LogP contribution in [-0.4, -0.2) is 10.1 Å². The van der Waals surface area contributed by atoms with Gasteiger partial charge in [-0.15, -0.1) is 0 Å². The quantitative estimate of drug-likeness (QED) is 0.883. The van der Waals surface area contributed by atoms with Crippen LogP contribution in [0, 0.1) is 0 Å². The van der Waals surface area contributed by atoms with Crippen molar-refractivity contribution >= 4 is 0 Å². The molecule has 3 nitrogen and oxygen atoms in total. The molecule has 2 rings (SSSR count). The van der Waals surface area contributed by atoms with Gasteiger partial charge in [0.25, 0.3) is 0 Å². The summed E-state index contributed by atoms with van der Waals surface area (Å²) in [6.07, 6.45) is 4.35. The van der Waals surface area contributed by atoms with Gasteiger partial charge < -0.3 is 9.84 Å². The first-order valence-corrected chi connectivity index (χ1v) is 6.56. The van der Waals surface area contributed by atoms with Crippen molar-refractivity contribution in [2.45, 2.75) is 32.8 Å². The van der Waals surface area contributed by atoms with Crippen LogP contribution in [0.2, 0.25) is 0 Å². The van der Waals surface area contributed by atoms with Gasteiger partial charge in [0.05, 0.1) is 12.8 Å². The SMILES string of the molecule is CCC(C)c1ccccc1Oc1cnccc1CO. The summed E-state index contributed by atoms with van der Waals surface area (Å²) >= 11 is 0. The summed E-state index contributed by atoms with van der Waals surface area (Å²) in [6, 6.07) is 9.77. The minimum absolute atomic E-state index is 0.0522. The van der Waals surface area contributed by atoms with Crippen LogP contribution >= 0.6 is 0 Å². The maximum atomic E-state index is 9.31. The fraction of sp³-hybridized carbons (Fsp3) is 0.312. The molecule has 3 heteroatoms. The molecular formula is C16H19NO2. The van der Waals surface area contributed by atoms with Crippen LogP contribution in [0.15, 0.2) is 42.7 Å². The van der Waals surface area contributed by atoms with Gasteiger partial charge >= 0.3 is 0 Å². The van der Waals surface area contributed by atoms with E-state index in [1.54, 1.807) is 18.5 Å². The molecule has 0 bridgehead atoms. The van der Waals surface area contributed by atoms with Crippen LogP contribution in [0.3, 0.4) is 0 Å². The fourth-order valence-corrected chi connectivity index (χ4v) is 1.95. The van der Waals surface area contributed by atoms with E-state index in [1.807, 2.05) is 18.2 Å². The van der Waals surface area contributed by atoms with Crippen LogP contribution in [0.4, 0.5) is 0 Å². The molecule has 19 heavy (non-hydrogen) atoms. The Morgan fingerprint density at radius 2 is 2.00 bits per heavy atom. The highest BCUT2D eigenvalue weighted by molar-refractivity contribution is 5.41. The summed E-state index contributed by atoms with van der Waals surface area (Å²) in [4.78, 5) is 4.05. The lowest BCUT2D eigenvalue weighted by Crippen LogP contribution is -1.98. The second-order valence-corrected chi connectivity index (χ2v) is 4.59. The second-order valence-electron chi connectivity index (χ2n) is 4.59. The van der Waals surface area contributed by atoms with E-state index in [-0.39, 0.29) is 6.61 Å². The Bertz CT molecular complexity index is 540. The van der Waals surface area contributed by atoms with Crippen LogP contribution in [0.5, 0.6) is 11.5 Å². The summed E-state index contributed by atoms with van der Waals surface area (Å²) in [5.41, 5.74) is 1.92. The molecule has 0 aliphatic heterocycles. The predicted molar refractivity (Wildman–Crippen MR) is 75.4 cm³/mol. The first-order chi connectivity index (χ1) is 9.26. The zero-order valence-corrected chi connectivity index (χ0v) is 11.3. The standard InChI is InChI=1S/C16H19NO2/c1-3-12(2)14-6-4-5-7-15(14)19-16-10-17-9-8-13(16)11-18/h4-10,12,18H,3,11H2,1-2H3. The van der Waals surface area contributed by atoms with Crippen molar-refractivity contribution in [1.29, 1.82) is 0 Å². The van der Waals surface area contributed by atoms with Crippen LogP contribution < -0.4 is 4.74 Å². The van der Waals surface area contributed by atoms with Gasteiger partial charge in [0.2, 0.25) is 0 Å². The molecule has 0 saturated heterocycles. The predicted octanol–water partition coefficient (Wildman–Crippen LogP) is 3.88. The minimum atomic E-state index is -0.0522. The number of ether oxygens (including phenoxy) is 1. The average molecular weight is 257 g/mol. The molecule has 2 aromatic rings. The number of rotatable bonds is 5. The Balaban J connectivity index is 2.33. The molecule has 0 saturated carbocycles. The molecule has 1 unspecified atom stereocenters. The van der Waals surface area contributed by atoms with Crippen molar-refractivity contribution in [3.05, 3.63) is 53.9 Å². The summed E-state index contributed by atoms with van der Waals surface area (Å²) in [5.74, 6) is 1.88. The average Bonchev–Trinajstić information content (AvgIpc) is 2.47. The van der Waals surface area contributed by atoms with Crippen molar-refractivity contribution in [3.8, 4) is 11.5 Å². The minimum Gasteiger partial charge on any atom is -0.455 e. The van der Waals surface area contributed by atoms with Crippen molar-refractivity contribution < 1.29 is 9.84 Å². The van der Waals surface area contributed by atoms with E-state index in [4.69, 9.17) is 4.74 Å². The summed E-state index contributed by atoms with van der Waals surface area (Å²) in [5, 5.41) is 9.31. The summed E-state index contributed by atoms with van der Waals surface area (Å²) in [7, 11) is 0. The van der Waals surface area contributed by atoms with Gasteiger partial charge in [-0.1, -0.05) is 32.0 Å². The van der Waals surface area contributed by atoms with Gasteiger partial charge in [-0.2, -0.15) is 0 Å². The number of hydrogen-bond acceptors (Lipinski definition) is 3. The molecule has 1 atom stereocenters. The van der Waals surface area contributed by atoms with E-state index in [1.165, 1.54) is 5.56 Å². The van der Waals surface area contributed by atoms with E-state index in [9.17, 15) is 5.11 Å². The number of aliphatic hydroxyl groups is 1. The molecule has 0 fully saturated rings. The summed E-state index contributed by atoms with van der Waals surface area (Å²) < 4.78 is 5.93. The first kappa shape index (κ1) is 13.6. The molecule has 0 aliphatic carbocycles. The number of nitrogens with zero attached hydrogens (tertiary/aromatic N) is 1. The van der Waals surface area contributed by atoms with E-state index in [0.29, 0.717) is 11.7 Å². The Hall–Kier alpha value is -1.87. The third-order valence-electron chi connectivity index (χ3n) is 3.32. The number of aliphatic hydroxyl groups excluding tert-OH is 1. The van der Waals surface area contributed by atoms with E-state index < -0.39 is 0 Å². The number of benzene rings is 1. The van der Waals surface area contributed by atoms with Crippen molar-refractivity contribution in [2.75, 3.05) is 0 Å². The number of hydrogen-bond donors (Lipinski definition) is 1. The molecule has 0 aliphatic rings. The largest absolute Gasteiger partial charge is 0.455 e. The third kappa shape index (κ3) is 3.12. The smallest absolute Gasteiger partial charge is 0.151 e. The highest BCUT2D eigenvalue weighted by Crippen LogP contribution is 2.32. The number of aromatic nitrogens is 1. The van der Waals surface area contributed by atoms with Gasteiger partial charge in [-0.25, -0.2) is 0 Å². The zero-order chi connectivity index (χ0) is 13.7. The molecule has 0 spiro atoms. The molecule has 1 N–H and O–H groups in total. The van der Waals surface area contributed by atoms with Crippen molar-refractivity contribution in [1.82, 2.24) is 4.98 Å². The van der Waals surface area contributed by atoms with Gasteiger partial charge in [-0.3, -0.25) is 4.98 Å². The van der Waals surface area contributed by atoms with E-state index in [2.05, 4.69) is 24.9 Å². The first-order valence-electron chi connectivity index (χ1n) is 6.56. The number of para-hydroxylation sites is 1. The Morgan fingerprint density at radius 3 is 2.74 bits per heavy atom. The fourth-order valence-electron chi connectivity index (χ4n) is 1.95. The van der Waals surface area contributed by atoms with Crippen molar-refractivity contribution in [3.63, 3.8) is 0 Å². The summed E-state index contributed by atoms with van der Waals surface area (Å²) in [6.45, 7) is 4.28. The maximum Gasteiger partial charge on any atom is 0.151 e. The Morgan fingerprint density at radius 1 is 1.21 bits per heavy atom. The van der Waals surface area contributed by atoms with E-state index >= 15 is 0 Å². The second kappa shape index (κ2) is 6.34. The van der Waals surface area contributed by atoms with Crippen molar-refractivity contribution in [2.24, 2.45) is 0 Å². The Labute approximate surface area is 113 Å². The molecule has 1 aromatic carbocycles. The van der Waals surface area contributed by atoms with Gasteiger partial charge in [0, 0.05) is 11.8 Å². The monoisotopic (exact) mass is 257 g/mol. The topological polar surface area (TPSA) is 42.4 Å². The zero-order valence-electron chi connectivity index (χ0n) is 11.3. The Kier molecular flexibility index (Phi) is 4.53. The molecule has 1 heterocycles. The molecule has 0 radical (unpaired) electrons. The normalized spacial score (nSPS) is 12.2. The van der Waals surface area contributed by atoms with Gasteiger partial charge in [0.1, 0.15) is 5.75 Å². The van der Waals surface area contributed by atoms with Crippen LogP contribution in [0.1, 0.15) is 37.3 Å². The maximum absolute atomic E-state index is 9.31. The van der Waals surface area contributed by atoms with Crippen LogP contribution in [0.25, 0.3) is 0 Å². The van der Waals surface area contributed by atoms with Gasteiger partial charge in [-0.05, 0) is 30.0 Å². The number of pyridine rings is 1. The lowest BCUT2D eigenvalue weighted by atomic mass is 9.98. The molecule has 0 amide bonds. The lowest BCUT2D eigenvalue weighted by molar-refractivity contribution is 0.276. The highest BCUT2D eigenvalue weighted by Gasteiger charge is 2.11. The molecular weight excluding hydrogens is 238 g/mol. The van der Waals surface area contributed by atoms with Gasteiger partial charge in [0.15, 0.2) is 5.75 Å². The van der Waals surface area contributed by atoms with Crippen LogP contribution in [-0.2, 0) is 6.61 Å². The highest BCUT2D eigenvalue weighted by atomic mass is 16.5. The third-order valence-corrected chi connectivity index (χ3v) is 3.32. The molecule has 1 aromatic heterocycles. The lowest BCUT2D eigenvalue weighted by Gasteiger charge is -2.16. The van der Waals surface area contributed by atoms with E-state index in [0.717, 1.165) is 17.7 Å². The molecule has 100 valence electrons.